The van der Waals surface area contributed by atoms with Gasteiger partial charge in [-0.1, -0.05) is 24.8 Å². The summed E-state index contributed by atoms with van der Waals surface area (Å²) < 4.78 is 18.2. The third kappa shape index (κ3) is 3.28. The van der Waals surface area contributed by atoms with Gasteiger partial charge in [-0.3, -0.25) is 0 Å². The summed E-state index contributed by atoms with van der Waals surface area (Å²) in [7, 11) is 0. The fourth-order valence-corrected chi connectivity index (χ4v) is 3.23. The fraction of sp³-hybridized carbons (Fsp3) is 0.333. The summed E-state index contributed by atoms with van der Waals surface area (Å²) in [5, 5.41) is 0. The molecule has 0 saturated carbocycles. The third-order valence-electron chi connectivity index (χ3n) is 2.51. The van der Waals surface area contributed by atoms with E-state index < -0.39 is 0 Å². The molecule has 18 heavy (non-hydrogen) atoms. The Labute approximate surface area is 114 Å². The van der Waals surface area contributed by atoms with Crippen LogP contribution in [-0.4, -0.2) is 9.36 Å². The Balaban J connectivity index is 2.05. The van der Waals surface area contributed by atoms with Gasteiger partial charge in [0.25, 0.3) is 0 Å². The standard InChI is InChI=1S/C12H14FN3S2/c1-2-11-15-12(18-16-11)17-7-8-3-4-10(13)5-9(8)6-14/h3-5H,2,6-7,14H2,1H3. The van der Waals surface area contributed by atoms with Crippen molar-refractivity contribution in [3.05, 3.63) is 41.0 Å². The van der Waals surface area contributed by atoms with Crippen molar-refractivity contribution in [2.24, 2.45) is 5.73 Å². The van der Waals surface area contributed by atoms with Crippen LogP contribution >= 0.6 is 23.3 Å². The molecule has 1 heterocycles. The number of aryl methyl sites for hydroxylation is 1. The molecule has 6 heteroatoms. The first-order valence-electron chi connectivity index (χ1n) is 5.65. The highest BCUT2D eigenvalue weighted by atomic mass is 32.2. The second-order valence-corrected chi connectivity index (χ2v) is 5.71. The van der Waals surface area contributed by atoms with E-state index in [1.165, 1.54) is 23.7 Å². The number of halogens is 1. The van der Waals surface area contributed by atoms with Crippen molar-refractivity contribution in [1.82, 2.24) is 9.36 Å². The van der Waals surface area contributed by atoms with Gasteiger partial charge >= 0.3 is 0 Å². The zero-order valence-corrected chi connectivity index (χ0v) is 11.7. The van der Waals surface area contributed by atoms with Gasteiger partial charge < -0.3 is 5.73 Å². The molecule has 0 unspecified atom stereocenters. The summed E-state index contributed by atoms with van der Waals surface area (Å²) in [6.07, 6.45) is 0.849. The SMILES string of the molecule is CCc1nsc(SCc2ccc(F)cc2CN)n1. The van der Waals surface area contributed by atoms with Crippen molar-refractivity contribution >= 4 is 23.3 Å². The Morgan fingerprint density at radius 2 is 2.22 bits per heavy atom. The highest BCUT2D eigenvalue weighted by molar-refractivity contribution is 8.00. The van der Waals surface area contributed by atoms with Crippen molar-refractivity contribution in [2.75, 3.05) is 0 Å². The lowest BCUT2D eigenvalue weighted by Crippen LogP contribution is -2.01. The average molecular weight is 283 g/mol. The van der Waals surface area contributed by atoms with Gasteiger partial charge in [0.15, 0.2) is 4.34 Å². The van der Waals surface area contributed by atoms with Crippen LogP contribution < -0.4 is 5.73 Å². The van der Waals surface area contributed by atoms with Crippen molar-refractivity contribution < 1.29 is 4.39 Å². The molecular formula is C12H14FN3S2. The van der Waals surface area contributed by atoms with Crippen LogP contribution in [0.1, 0.15) is 23.9 Å². The molecule has 0 atom stereocenters. The summed E-state index contributed by atoms with van der Waals surface area (Å²) in [6.45, 7) is 2.38. The van der Waals surface area contributed by atoms with E-state index in [9.17, 15) is 4.39 Å². The zero-order chi connectivity index (χ0) is 13.0. The molecule has 0 aliphatic carbocycles. The van der Waals surface area contributed by atoms with E-state index in [1.54, 1.807) is 17.8 Å². The number of aromatic nitrogens is 2. The predicted molar refractivity (Wildman–Crippen MR) is 73.1 cm³/mol. The molecular weight excluding hydrogens is 269 g/mol. The fourth-order valence-electron chi connectivity index (χ4n) is 1.50. The predicted octanol–water partition coefficient (Wildman–Crippen LogP) is 2.99. The molecule has 2 N–H and O–H groups in total. The Morgan fingerprint density at radius 1 is 1.39 bits per heavy atom. The van der Waals surface area contributed by atoms with Crippen LogP contribution in [0.25, 0.3) is 0 Å². The summed E-state index contributed by atoms with van der Waals surface area (Å²) in [5.41, 5.74) is 7.52. The largest absolute Gasteiger partial charge is 0.326 e. The normalized spacial score (nSPS) is 10.8. The van der Waals surface area contributed by atoms with Gasteiger partial charge in [-0.2, -0.15) is 4.37 Å². The maximum Gasteiger partial charge on any atom is 0.170 e. The van der Waals surface area contributed by atoms with Gasteiger partial charge in [0, 0.05) is 18.7 Å². The molecule has 2 rings (SSSR count). The zero-order valence-electron chi connectivity index (χ0n) is 10.0. The molecule has 0 fully saturated rings. The molecule has 0 radical (unpaired) electrons. The van der Waals surface area contributed by atoms with Crippen LogP contribution in [0.2, 0.25) is 0 Å². The van der Waals surface area contributed by atoms with Gasteiger partial charge in [0.05, 0.1) is 0 Å². The van der Waals surface area contributed by atoms with Gasteiger partial charge in [-0.25, -0.2) is 9.37 Å². The first kappa shape index (κ1) is 13.5. The molecule has 0 aliphatic heterocycles. The molecule has 0 amide bonds. The summed E-state index contributed by atoms with van der Waals surface area (Å²) in [5.74, 6) is 1.37. The van der Waals surface area contributed by atoms with E-state index in [0.29, 0.717) is 6.54 Å². The number of nitrogens with zero attached hydrogens (tertiary/aromatic N) is 2. The Bertz CT molecular complexity index is 528. The smallest absolute Gasteiger partial charge is 0.170 e. The van der Waals surface area contributed by atoms with Crippen molar-refractivity contribution in [3.63, 3.8) is 0 Å². The van der Waals surface area contributed by atoms with E-state index in [0.717, 1.165) is 33.5 Å². The Kier molecular flexibility index (Phi) is 4.68. The lowest BCUT2D eigenvalue weighted by Gasteiger charge is -2.06. The minimum absolute atomic E-state index is 0.242. The molecule has 3 nitrogen and oxygen atoms in total. The molecule has 1 aromatic heterocycles. The van der Waals surface area contributed by atoms with Crippen molar-refractivity contribution in [1.29, 1.82) is 0 Å². The number of benzene rings is 1. The van der Waals surface area contributed by atoms with E-state index in [2.05, 4.69) is 9.36 Å². The molecule has 0 bridgehead atoms. The molecule has 2 aromatic rings. The first-order chi connectivity index (χ1) is 8.72. The topological polar surface area (TPSA) is 51.8 Å². The van der Waals surface area contributed by atoms with Crippen LogP contribution in [0.5, 0.6) is 0 Å². The van der Waals surface area contributed by atoms with Gasteiger partial charge in [-0.15, -0.1) is 0 Å². The van der Waals surface area contributed by atoms with Crippen LogP contribution in [-0.2, 0) is 18.7 Å². The van der Waals surface area contributed by atoms with Gasteiger partial charge in [-0.05, 0) is 34.8 Å². The number of hydrogen-bond donors (Lipinski definition) is 1. The maximum atomic E-state index is 13.1. The molecule has 0 spiro atoms. The first-order valence-corrected chi connectivity index (χ1v) is 7.41. The van der Waals surface area contributed by atoms with Gasteiger partial charge in [0.2, 0.25) is 0 Å². The lowest BCUT2D eigenvalue weighted by atomic mass is 10.1. The molecule has 0 aliphatic rings. The summed E-state index contributed by atoms with van der Waals surface area (Å²) in [6, 6.07) is 4.74. The quantitative estimate of drug-likeness (QED) is 0.857. The van der Waals surface area contributed by atoms with Gasteiger partial charge in [0.1, 0.15) is 11.6 Å². The van der Waals surface area contributed by atoms with E-state index in [4.69, 9.17) is 5.73 Å². The monoisotopic (exact) mass is 283 g/mol. The van der Waals surface area contributed by atoms with Crippen molar-refractivity contribution in [2.45, 2.75) is 30.0 Å². The minimum Gasteiger partial charge on any atom is -0.326 e. The van der Waals surface area contributed by atoms with Crippen LogP contribution in [0, 0.1) is 5.82 Å². The minimum atomic E-state index is -0.242. The van der Waals surface area contributed by atoms with Crippen LogP contribution in [0.15, 0.2) is 22.5 Å². The Morgan fingerprint density at radius 3 is 2.89 bits per heavy atom. The number of rotatable bonds is 5. The summed E-state index contributed by atoms with van der Waals surface area (Å²) >= 11 is 3.02. The van der Waals surface area contributed by atoms with Crippen molar-refractivity contribution in [3.8, 4) is 0 Å². The highest BCUT2D eigenvalue weighted by Crippen LogP contribution is 2.26. The molecule has 0 saturated heterocycles. The number of hydrogen-bond acceptors (Lipinski definition) is 5. The second-order valence-electron chi connectivity index (χ2n) is 3.74. The van der Waals surface area contributed by atoms with E-state index in [1.807, 2.05) is 6.92 Å². The second kappa shape index (κ2) is 6.26. The third-order valence-corrected chi connectivity index (χ3v) is 4.43. The Hall–Kier alpha value is -0.980. The lowest BCUT2D eigenvalue weighted by molar-refractivity contribution is 0.624. The number of nitrogens with two attached hydrogens (primary N) is 1. The van der Waals surface area contributed by atoms with Crippen LogP contribution in [0.3, 0.4) is 0 Å². The maximum absolute atomic E-state index is 13.1. The summed E-state index contributed by atoms with van der Waals surface area (Å²) in [4.78, 5) is 4.38. The van der Waals surface area contributed by atoms with Crippen LogP contribution in [0.4, 0.5) is 4.39 Å². The van der Waals surface area contributed by atoms with E-state index >= 15 is 0 Å². The number of thioether (sulfide) groups is 1. The molecule has 1 aromatic carbocycles. The van der Waals surface area contributed by atoms with E-state index in [-0.39, 0.29) is 5.82 Å². The average Bonchev–Trinajstić information content (AvgIpc) is 2.85. The molecule has 96 valence electrons. The highest BCUT2D eigenvalue weighted by Gasteiger charge is 2.07.